The first-order valence-electron chi connectivity index (χ1n) is 5.63. The molecule has 0 atom stereocenters. The van der Waals surface area contributed by atoms with Crippen molar-refractivity contribution in [3.63, 3.8) is 0 Å². The number of nitrogens with zero attached hydrogens (tertiary/aromatic N) is 2. The van der Waals surface area contributed by atoms with Gasteiger partial charge in [-0.15, -0.1) is 0 Å². The lowest BCUT2D eigenvalue weighted by molar-refractivity contribution is -0.384. The molecule has 0 aliphatic heterocycles. The monoisotopic (exact) mass is 291 g/mol. The number of nitro benzene ring substituents is 1. The summed E-state index contributed by atoms with van der Waals surface area (Å²) in [5.74, 6) is -2.17. The fraction of sp³-hybridized carbons (Fsp3) is 0.0833. The van der Waals surface area contributed by atoms with E-state index in [9.17, 15) is 19.7 Å². The molecule has 0 fully saturated rings. The Morgan fingerprint density at radius 1 is 1.43 bits per heavy atom. The predicted octanol–water partition coefficient (Wildman–Crippen LogP) is 1.84. The molecule has 0 aliphatic carbocycles. The molecule has 108 valence electrons. The van der Waals surface area contributed by atoms with Gasteiger partial charge in [0.2, 0.25) is 5.76 Å². The second-order valence-corrected chi connectivity index (χ2v) is 4.01. The zero-order valence-electron chi connectivity index (χ0n) is 10.7. The summed E-state index contributed by atoms with van der Waals surface area (Å²) in [5, 5.41) is 22.0. The van der Waals surface area contributed by atoms with Crippen LogP contribution < -0.4 is 5.32 Å². The summed E-state index contributed by atoms with van der Waals surface area (Å²) in [5.41, 5.74) is -0.497. The number of carboxylic acid groups (broad SMARTS) is 1. The van der Waals surface area contributed by atoms with E-state index < -0.39 is 16.8 Å². The van der Waals surface area contributed by atoms with Crippen LogP contribution in [0, 0.1) is 17.0 Å². The van der Waals surface area contributed by atoms with Gasteiger partial charge in [0.15, 0.2) is 6.39 Å². The average Bonchev–Trinajstić information content (AvgIpc) is 2.84. The first kappa shape index (κ1) is 14.2. The van der Waals surface area contributed by atoms with Gasteiger partial charge in [-0.25, -0.2) is 9.78 Å². The van der Waals surface area contributed by atoms with Crippen molar-refractivity contribution < 1.29 is 24.0 Å². The maximum Gasteiger partial charge on any atom is 0.337 e. The molecule has 0 bridgehead atoms. The number of hydrogen-bond acceptors (Lipinski definition) is 6. The van der Waals surface area contributed by atoms with Gasteiger partial charge in [0.05, 0.1) is 21.9 Å². The van der Waals surface area contributed by atoms with Crippen LogP contribution in [0.4, 0.5) is 11.4 Å². The number of nitro groups is 1. The minimum Gasteiger partial charge on any atom is -0.478 e. The highest BCUT2D eigenvalue weighted by Gasteiger charge is 2.20. The Morgan fingerprint density at radius 3 is 2.67 bits per heavy atom. The van der Waals surface area contributed by atoms with Gasteiger partial charge in [-0.1, -0.05) is 0 Å². The smallest absolute Gasteiger partial charge is 0.337 e. The van der Waals surface area contributed by atoms with E-state index in [4.69, 9.17) is 9.52 Å². The Hall–Kier alpha value is -3.23. The molecule has 0 radical (unpaired) electrons. The molecule has 0 saturated heterocycles. The van der Waals surface area contributed by atoms with Crippen LogP contribution in [-0.2, 0) is 0 Å². The third kappa shape index (κ3) is 2.86. The standard InChI is InChI=1S/C12H9N3O6/c1-6-10(21-5-13-6)11(16)14-9-4-7(15(19)20)2-3-8(9)12(17)18/h2-5H,1H3,(H,14,16)(H,17,18). The number of aromatic carboxylic acids is 1. The first-order valence-corrected chi connectivity index (χ1v) is 5.63. The van der Waals surface area contributed by atoms with Crippen molar-refractivity contribution in [2.24, 2.45) is 0 Å². The molecule has 0 spiro atoms. The van der Waals surface area contributed by atoms with Crippen molar-refractivity contribution in [1.82, 2.24) is 4.98 Å². The van der Waals surface area contributed by atoms with E-state index >= 15 is 0 Å². The van der Waals surface area contributed by atoms with Crippen LogP contribution in [0.3, 0.4) is 0 Å². The summed E-state index contributed by atoms with van der Waals surface area (Å²) in [6, 6.07) is 3.05. The Labute approximate surface area is 117 Å². The highest BCUT2D eigenvalue weighted by atomic mass is 16.6. The molecular weight excluding hydrogens is 282 g/mol. The first-order chi connectivity index (χ1) is 9.90. The summed E-state index contributed by atoms with van der Waals surface area (Å²) in [7, 11) is 0. The molecular formula is C12H9N3O6. The van der Waals surface area contributed by atoms with Crippen LogP contribution in [0.25, 0.3) is 0 Å². The molecule has 2 rings (SSSR count). The fourth-order valence-corrected chi connectivity index (χ4v) is 1.63. The summed E-state index contributed by atoms with van der Waals surface area (Å²) in [4.78, 5) is 36.8. The molecule has 1 aromatic heterocycles. The van der Waals surface area contributed by atoms with E-state index in [1.165, 1.54) is 6.92 Å². The number of aryl methyl sites for hydroxylation is 1. The molecule has 2 aromatic rings. The molecule has 21 heavy (non-hydrogen) atoms. The summed E-state index contributed by atoms with van der Waals surface area (Å²) in [6.07, 6.45) is 1.07. The highest BCUT2D eigenvalue weighted by Crippen LogP contribution is 2.23. The number of hydrogen-bond donors (Lipinski definition) is 2. The maximum atomic E-state index is 11.9. The molecule has 0 aliphatic rings. The van der Waals surface area contributed by atoms with Gasteiger partial charge < -0.3 is 14.8 Å². The van der Waals surface area contributed by atoms with E-state index in [-0.39, 0.29) is 22.7 Å². The maximum absolute atomic E-state index is 11.9. The van der Waals surface area contributed by atoms with Crippen LogP contribution in [0.5, 0.6) is 0 Å². The molecule has 1 amide bonds. The van der Waals surface area contributed by atoms with E-state index in [1.54, 1.807) is 0 Å². The third-order valence-electron chi connectivity index (χ3n) is 2.64. The van der Waals surface area contributed by atoms with Crippen LogP contribution in [0.1, 0.15) is 26.6 Å². The molecule has 1 heterocycles. The summed E-state index contributed by atoms with van der Waals surface area (Å²) >= 11 is 0. The lowest BCUT2D eigenvalue weighted by Crippen LogP contribution is -2.15. The van der Waals surface area contributed by atoms with Crippen molar-refractivity contribution in [2.45, 2.75) is 6.92 Å². The summed E-state index contributed by atoms with van der Waals surface area (Å²) in [6.45, 7) is 1.53. The molecule has 0 unspecified atom stereocenters. The second kappa shape index (κ2) is 5.41. The normalized spacial score (nSPS) is 10.1. The van der Waals surface area contributed by atoms with Gasteiger partial charge in [-0.2, -0.15) is 0 Å². The fourth-order valence-electron chi connectivity index (χ4n) is 1.63. The van der Waals surface area contributed by atoms with Crippen molar-refractivity contribution in [3.05, 3.63) is 51.7 Å². The molecule has 9 heteroatoms. The van der Waals surface area contributed by atoms with Gasteiger partial charge >= 0.3 is 5.97 Å². The number of anilines is 1. The lowest BCUT2D eigenvalue weighted by atomic mass is 10.1. The average molecular weight is 291 g/mol. The predicted molar refractivity (Wildman–Crippen MR) is 69.2 cm³/mol. The number of carbonyl (C=O) groups is 2. The largest absolute Gasteiger partial charge is 0.478 e. The Balaban J connectivity index is 2.39. The van der Waals surface area contributed by atoms with Gasteiger partial charge in [0.25, 0.3) is 11.6 Å². The highest BCUT2D eigenvalue weighted by molar-refractivity contribution is 6.07. The number of carbonyl (C=O) groups excluding carboxylic acids is 1. The van der Waals surface area contributed by atoms with Gasteiger partial charge in [-0.05, 0) is 13.0 Å². The number of amides is 1. The van der Waals surface area contributed by atoms with E-state index in [0.717, 1.165) is 24.6 Å². The Morgan fingerprint density at radius 2 is 2.14 bits per heavy atom. The second-order valence-electron chi connectivity index (χ2n) is 4.01. The topological polar surface area (TPSA) is 136 Å². The number of rotatable bonds is 4. The van der Waals surface area contributed by atoms with E-state index in [0.29, 0.717) is 5.69 Å². The van der Waals surface area contributed by atoms with E-state index in [2.05, 4.69) is 10.3 Å². The van der Waals surface area contributed by atoms with Crippen molar-refractivity contribution >= 4 is 23.3 Å². The van der Waals surface area contributed by atoms with Crippen LogP contribution in [0.15, 0.2) is 29.0 Å². The molecule has 9 nitrogen and oxygen atoms in total. The Bertz CT molecular complexity index is 736. The summed E-state index contributed by atoms with van der Waals surface area (Å²) < 4.78 is 4.87. The van der Waals surface area contributed by atoms with Gasteiger partial charge in [-0.3, -0.25) is 14.9 Å². The molecule has 2 N–H and O–H groups in total. The van der Waals surface area contributed by atoms with Gasteiger partial charge in [0, 0.05) is 12.1 Å². The Kier molecular flexibility index (Phi) is 3.65. The SMILES string of the molecule is Cc1ncoc1C(=O)Nc1cc([N+](=O)[O-])ccc1C(=O)O. The van der Waals surface area contributed by atoms with E-state index in [1.807, 2.05) is 0 Å². The van der Waals surface area contributed by atoms with Crippen LogP contribution in [-0.4, -0.2) is 26.9 Å². The number of oxazole rings is 1. The number of nitrogens with one attached hydrogen (secondary N) is 1. The van der Waals surface area contributed by atoms with Crippen molar-refractivity contribution in [2.75, 3.05) is 5.32 Å². The van der Waals surface area contributed by atoms with Crippen LogP contribution >= 0.6 is 0 Å². The van der Waals surface area contributed by atoms with Crippen molar-refractivity contribution in [1.29, 1.82) is 0 Å². The zero-order valence-corrected chi connectivity index (χ0v) is 10.7. The quantitative estimate of drug-likeness (QED) is 0.647. The van der Waals surface area contributed by atoms with Crippen LogP contribution in [0.2, 0.25) is 0 Å². The van der Waals surface area contributed by atoms with Crippen molar-refractivity contribution in [3.8, 4) is 0 Å². The number of aromatic nitrogens is 1. The lowest BCUT2D eigenvalue weighted by Gasteiger charge is -2.07. The number of benzene rings is 1. The molecule has 1 aromatic carbocycles. The molecule has 0 saturated carbocycles. The number of non-ortho nitro benzene ring substituents is 1. The minimum absolute atomic E-state index is 0.0992. The van der Waals surface area contributed by atoms with Gasteiger partial charge in [0.1, 0.15) is 0 Å². The third-order valence-corrected chi connectivity index (χ3v) is 2.64. The minimum atomic E-state index is -1.32. The number of carboxylic acids is 1. The zero-order chi connectivity index (χ0) is 15.6.